The van der Waals surface area contributed by atoms with Gasteiger partial charge in [0.25, 0.3) is 5.91 Å². The van der Waals surface area contributed by atoms with Crippen LogP contribution in [0.4, 0.5) is 5.13 Å². The largest absolute Gasteiger partial charge is 0.342 e. The van der Waals surface area contributed by atoms with Crippen molar-refractivity contribution in [1.29, 1.82) is 0 Å². The SMILES string of the molecule is O=C(Nc1nnc(SCC(=O)N2CCCCC2)s1)c1ccc(Cl)cc1Cl. The summed E-state index contributed by atoms with van der Waals surface area (Å²) >= 11 is 14.4. The number of hydrogen-bond donors (Lipinski definition) is 1. The van der Waals surface area contributed by atoms with Crippen LogP contribution in [0.25, 0.3) is 0 Å². The average molecular weight is 431 g/mol. The van der Waals surface area contributed by atoms with Crippen LogP contribution in [0, 0.1) is 0 Å². The van der Waals surface area contributed by atoms with Crippen LogP contribution in [-0.2, 0) is 4.79 Å². The van der Waals surface area contributed by atoms with Crippen molar-refractivity contribution < 1.29 is 9.59 Å². The normalized spacial score (nSPS) is 14.3. The van der Waals surface area contributed by atoms with Gasteiger partial charge in [-0.1, -0.05) is 46.3 Å². The van der Waals surface area contributed by atoms with Crippen LogP contribution < -0.4 is 5.32 Å². The first-order valence-corrected chi connectivity index (χ1v) is 10.6. The highest BCUT2D eigenvalue weighted by Gasteiger charge is 2.18. The maximum atomic E-state index is 12.3. The summed E-state index contributed by atoms with van der Waals surface area (Å²) in [5.74, 6) is 0.0539. The standard InChI is InChI=1S/C16H16Cl2N4O2S2/c17-10-4-5-11(12(18)8-10)14(24)19-15-20-21-16(26-15)25-9-13(23)22-6-2-1-3-7-22/h4-5,8H,1-3,6-7,9H2,(H,19,20,24). The summed E-state index contributed by atoms with van der Waals surface area (Å²) in [7, 11) is 0. The number of likely N-dealkylation sites (tertiary alicyclic amines) is 1. The van der Waals surface area contributed by atoms with Gasteiger partial charge in [0.2, 0.25) is 11.0 Å². The molecule has 2 aromatic rings. The Morgan fingerprint density at radius 1 is 1.19 bits per heavy atom. The number of anilines is 1. The third-order valence-electron chi connectivity index (χ3n) is 3.83. The van der Waals surface area contributed by atoms with Crippen molar-refractivity contribution in [1.82, 2.24) is 15.1 Å². The zero-order valence-electron chi connectivity index (χ0n) is 13.7. The lowest BCUT2D eigenvalue weighted by atomic mass is 10.1. The van der Waals surface area contributed by atoms with E-state index in [2.05, 4.69) is 15.5 Å². The van der Waals surface area contributed by atoms with E-state index < -0.39 is 0 Å². The minimum absolute atomic E-state index is 0.114. The summed E-state index contributed by atoms with van der Waals surface area (Å²) in [6.07, 6.45) is 3.32. The van der Waals surface area contributed by atoms with Crippen molar-refractivity contribution >= 4 is 63.2 Å². The van der Waals surface area contributed by atoms with Crippen LogP contribution in [0.3, 0.4) is 0 Å². The van der Waals surface area contributed by atoms with Gasteiger partial charge in [-0.15, -0.1) is 10.2 Å². The molecule has 1 fully saturated rings. The van der Waals surface area contributed by atoms with Gasteiger partial charge in [-0.3, -0.25) is 14.9 Å². The van der Waals surface area contributed by atoms with E-state index in [9.17, 15) is 9.59 Å². The molecule has 0 bridgehead atoms. The van der Waals surface area contributed by atoms with Gasteiger partial charge in [0.1, 0.15) is 0 Å². The predicted octanol–water partition coefficient (Wildman–Crippen LogP) is 4.20. The van der Waals surface area contributed by atoms with E-state index >= 15 is 0 Å². The molecule has 10 heteroatoms. The number of hydrogen-bond acceptors (Lipinski definition) is 6. The first kappa shape index (κ1) is 19.4. The number of thioether (sulfide) groups is 1. The number of carbonyl (C=O) groups excluding carboxylic acids is 2. The van der Waals surface area contributed by atoms with Crippen LogP contribution in [0.1, 0.15) is 29.6 Å². The zero-order valence-corrected chi connectivity index (χ0v) is 16.9. The molecule has 6 nitrogen and oxygen atoms in total. The number of rotatable bonds is 5. The average Bonchev–Trinajstić information content (AvgIpc) is 3.07. The van der Waals surface area contributed by atoms with Gasteiger partial charge in [0, 0.05) is 18.1 Å². The Bertz CT molecular complexity index is 809. The first-order chi connectivity index (χ1) is 12.5. The highest BCUT2D eigenvalue weighted by Crippen LogP contribution is 2.27. The molecule has 138 valence electrons. The van der Waals surface area contributed by atoms with E-state index in [1.807, 2.05) is 4.90 Å². The smallest absolute Gasteiger partial charge is 0.259 e. The van der Waals surface area contributed by atoms with Crippen molar-refractivity contribution in [3.05, 3.63) is 33.8 Å². The van der Waals surface area contributed by atoms with Gasteiger partial charge in [-0.25, -0.2) is 0 Å². The van der Waals surface area contributed by atoms with Gasteiger partial charge in [-0.2, -0.15) is 0 Å². The summed E-state index contributed by atoms with van der Waals surface area (Å²) in [4.78, 5) is 26.3. The summed E-state index contributed by atoms with van der Waals surface area (Å²) in [5, 5.41) is 11.7. The summed E-state index contributed by atoms with van der Waals surface area (Å²) < 4.78 is 0.632. The van der Waals surface area contributed by atoms with Crippen molar-refractivity contribution in [2.24, 2.45) is 0 Å². The molecule has 0 spiro atoms. The highest BCUT2D eigenvalue weighted by molar-refractivity contribution is 8.01. The number of nitrogens with zero attached hydrogens (tertiary/aromatic N) is 3. The molecular weight excluding hydrogens is 415 g/mol. The molecule has 0 unspecified atom stereocenters. The molecule has 2 amide bonds. The van der Waals surface area contributed by atoms with Crippen molar-refractivity contribution in [3.63, 3.8) is 0 Å². The minimum Gasteiger partial charge on any atom is -0.342 e. The van der Waals surface area contributed by atoms with Crippen LogP contribution in [0.5, 0.6) is 0 Å². The second-order valence-corrected chi connectivity index (χ2v) is 8.73. The van der Waals surface area contributed by atoms with E-state index in [0.29, 0.717) is 25.8 Å². The molecule has 0 aliphatic carbocycles. The third-order valence-corrected chi connectivity index (χ3v) is 6.34. The molecule has 0 radical (unpaired) electrons. The molecular formula is C16H16Cl2N4O2S2. The maximum absolute atomic E-state index is 12.3. The fourth-order valence-electron chi connectivity index (χ4n) is 2.51. The quantitative estimate of drug-likeness (QED) is 0.567. The van der Waals surface area contributed by atoms with Crippen LogP contribution in [0.15, 0.2) is 22.5 Å². The van der Waals surface area contributed by atoms with Crippen molar-refractivity contribution in [2.75, 3.05) is 24.2 Å². The van der Waals surface area contributed by atoms with Crippen molar-refractivity contribution in [3.8, 4) is 0 Å². The molecule has 1 aromatic carbocycles. The lowest BCUT2D eigenvalue weighted by molar-refractivity contribution is -0.129. The fraction of sp³-hybridized carbons (Fsp3) is 0.375. The topological polar surface area (TPSA) is 75.2 Å². The van der Waals surface area contributed by atoms with Gasteiger partial charge in [0.15, 0.2) is 4.34 Å². The summed E-state index contributed by atoms with van der Waals surface area (Å²) in [6, 6.07) is 4.65. The van der Waals surface area contributed by atoms with Gasteiger partial charge in [0.05, 0.1) is 16.3 Å². The zero-order chi connectivity index (χ0) is 18.5. The van der Waals surface area contributed by atoms with E-state index in [4.69, 9.17) is 23.2 Å². The molecule has 1 saturated heterocycles. The monoisotopic (exact) mass is 430 g/mol. The maximum Gasteiger partial charge on any atom is 0.259 e. The Morgan fingerprint density at radius 2 is 1.96 bits per heavy atom. The minimum atomic E-state index is -0.385. The predicted molar refractivity (Wildman–Crippen MR) is 105 cm³/mol. The number of aromatic nitrogens is 2. The third kappa shape index (κ3) is 5.09. The van der Waals surface area contributed by atoms with E-state index in [-0.39, 0.29) is 16.8 Å². The van der Waals surface area contributed by atoms with Gasteiger partial charge in [-0.05, 0) is 37.5 Å². The number of benzene rings is 1. The molecule has 3 rings (SSSR count). The number of halogens is 2. The second-order valence-electron chi connectivity index (χ2n) is 5.68. The highest BCUT2D eigenvalue weighted by atomic mass is 35.5. The first-order valence-electron chi connectivity index (χ1n) is 8.03. The molecule has 1 N–H and O–H groups in total. The number of carbonyl (C=O) groups is 2. The molecule has 0 atom stereocenters. The lowest BCUT2D eigenvalue weighted by Gasteiger charge is -2.26. The number of amides is 2. The van der Waals surface area contributed by atoms with E-state index in [0.717, 1.165) is 25.9 Å². The Kier molecular flexibility index (Phi) is 6.74. The van der Waals surface area contributed by atoms with Crippen molar-refractivity contribution in [2.45, 2.75) is 23.6 Å². The molecule has 1 aliphatic heterocycles. The van der Waals surface area contributed by atoms with E-state index in [1.165, 1.54) is 35.6 Å². The lowest BCUT2D eigenvalue weighted by Crippen LogP contribution is -2.36. The molecule has 26 heavy (non-hydrogen) atoms. The van der Waals surface area contributed by atoms with Crippen LogP contribution in [-0.4, -0.2) is 45.8 Å². The number of piperidine rings is 1. The van der Waals surface area contributed by atoms with E-state index in [1.54, 1.807) is 12.1 Å². The Morgan fingerprint density at radius 3 is 2.69 bits per heavy atom. The summed E-state index contributed by atoms with van der Waals surface area (Å²) in [5.41, 5.74) is 0.306. The molecule has 2 heterocycles. The molecule has 0 saturated carbocycles. The number of nitrogens with one attached hydrogen (secondary N) is 1. The Hall–Kier alpha value is -1.35. The Balaban J connectivity index is 1.54. The molecule has 1 aromatic heterocycles. The van der Waals surface area contributed by atoms with Crippen LogP contribution >= 0.6 is 46.3 Å². The Labute approximate surface area is 169 Å². The fourth-order valence-corrected chi connectivity index (χ4v) is 4.66. The molecule has 1 aliphatic rings. The van der Waals surface area contributed by atoms with Crippen LogP contribution in [0.2, 0.25) is 10.0 Å². The van der Waals surface area contributed by atoms with Gasteiger partial charge < -0.3 is 4.90 Å². The summed E-state index contributed by atoms with van der Waals surface area (Å²) in [6.45, 7) is 1.66. The second kappa shape index (κ2) is 9.03. The van der Waals surface area contributed by atoms with Gasteiger partial charge >= 0.3 is 0 Å².